The van der Waals surface area contributed by atoms with E-state index in [2.05, 4.69) is 5.32 Å². The van der Waals surface area contributed by atoms with Crippen LogP contribution in [0.25, 0.3) is 0 Å². The molecule has 0 saturated heterocycles. The number of nitrogens with one attached hydrogen (secondary N) is 1. The van der Waals surface area contributed by atoms with Crippen LogP contribution in [0.3, 0.4) is 0 Å². The molecule has 0 fully saturated rings. The van der Waals surface area contributed by atoms with E-state index < -0.39 is 24.4 Å². The minimum Gasteiger partial charge on any atom is -0.387 e. The number of carbonyl (C=O) groups excluding carboxylic acids is 1. The molecule has 0 aromatic heterocycles. The van der Waals surface area contributed by atoms with Crippen LogP contribution in [0.2, 0.25) is 5.02 Å². The largest absolute Gasteiger partial charge is 0.387 e. The third kappa shape index (κ3) is 3.68. The molecule has 0 spiro atoms. The summed E-state index contributed by atoms with van der Waals surface area (Å²) in [6.07, 6.45) is 0. The maximum absolute atomic E-state index is 13.7. The molecule has 1 aromatic rings. The minimum atomic E-state index is -0.613. The van der Waals surface area contributed by atoms with Crippen molar-refractivity contribution in [3.8, 4) is 0 Å². The summed E-state index contributed by atoms with van der Waals surface area (Å²) in [6, 6.07) is 3.84. The Balaban J connectivity index is 3.01. The molecule has 0 heterocycles. The summed E-state index contributed by atoms with van der Waals surface area (Å²) in [5.41, 5.74) is 0.367. The third-order valence-corrected chi connectivity index (χ3v) is 2.66. The first-order chi connectivity index (χ1) is 7.95. The SMILES string of the molecule is CC(C)C(NC(=O)CO)c1ccc(Cl)cc1F. The Hall–Kier alpha value is -1.13. The number of hydrogen-bond acceptors (Lipinski definition) is 2. The second kappa shape index (κ2) is 5.98. The van der Waals surface area contributed by atoms with Crippen molar-refractivity contribution in [1.82, 2.24) is 5.32 Å². The maximum Gasteiger partial charge on any atom is 0.246 e. The van der Waals surface area contributed by atoms with Gasteiger partial charge in [0.05, 0.1) is 6.04 Å². The summed E-state index contributed by atoms with van der Waals surface area (Å²) < 4.78 is 13.7. The molecule has 0 radical (unpaired) electrons. The van der Waals surface area contributed by atoms with Crippen LogP contribution in [-0.2, 0) is 4.79 Å². The number of hydrogen-bond donors (Lipinski definition) is 2. The van der Waals surface area contributed by atoms with Crippen molar-refractivity contribution in [3.63, 3.8) is 0 Å². The highest BCUT2D eigenvalue weighted by Crippen LogP contribution is 2.26. The fourth-order valence-electron chi connectivity index (χ4n) is 1.58. The number of benzene rings is 1. The molecule has 1 rings (SSSR count). The van der Waals surface area contributed by atoms with E-state index in [1.807, 2.05) is 13.8 Å². The zero-order valence-corrected chi connectivity index (χ0v) is 10.5. The molecule has 2 N–H and O–H groups in total. The van der Waals surface area contributed by atoms with Gasteiger partial charge in [0.2, 0.25) is 5.91 Å². The van der Waals surface area contributed by atoms with E-state index in [4.69, 9.17) is 16.7 Å². The summed E-state index contributed by atoms with van der Waals surface area (Å²) in [5, 5.41) is 11.6. The first-order valence-corrected chi connectivity index (χ1v) is 5.68. The van der Waals surface area contributed by atoms with Crippen LogP contribution >= 0.6 is 11.6 Å². The molecular formula is C12H15ClFNO2. The molecule has 0 aliphatic heterocycles. The van der Waals surface area contributed by atoms with E-state index in [-0.39, 0.29) is 5.92 Å². The molecule has 0 bridgehead atoms. The van der Waals surface area contributed by atoms with Gasteiger partial charge in [0, 0.05) is 10.6 Å². The number of amides is 1. The Kier molecular flexibility index (Phi) is 4.90. The minimum absolute atomic E-state index is 0.00109. The van der Waals surface area contributed by atoms with Crippen LogP contribution in [0.15, 0.2) is 18.2 Å². The van der Waals surface area contributed by atoms with Gasteiger partial charge in [0.1, 0.15) is 12.4 Å². The third-order valence-electron chi connectivity index (χ3n) is 2.42. The lowest BCUT2D eigenvalue weighted by Gasteiger charge is -2.23. The summed E-state index contributed by atoms with van der Waals surface area (Å²) in [7, 11) is 0. The molecule has 3 nitrogen and oxygen atoms in total. The Morgan fingerprint density at radius 1 is 1.53 bits per heavy atom. The van der Waals surface area contributed by atoms with Crippen LogP contribution in [0.4, 0.5) is 4.39 Å². The van der Waals surface area contributed by atoms with Crippen molar-refractivity contribution in [1.29, 1.82) is 0 Å². The van der Waals surface area contributed by atoms with Gasteiger partial charge in [-0.2, -0.15) is 0 Å². The van der Waals surface area contributed by atoms with Crippen molar-refractivity contribution in [2.75, 3.05) is 6.61 Å². The van der Waals surface area contributed by atoms with Crippen LogP contribution in [-0.4, -0.2) is 17.6 Å². The highest BCUT2D eigenvalue weighted by atomic mass is 35.5. The van der Waals surface area contributed by atoms with Crippen molar-refractivity contribution in [2.24, 2.45) is 5.92 Å². The predicted octanol–water partition coefficient (Wildman–Crippen LogP) is 2.28. The van der Waals surface area contributed by atoms with Gasteiger partial charge in [-0.1, -0.05) is 31.5 Å². The Bertz CT molecular complexity index is 409. The normalized spacial score (nSPS) is 12.6. The second-order valence-corrected chi connectivity index (χ2v) is 4.55. The van der Waals surface area contributed by atoms with Gasteiger partial charge in [-0.3, -0.25) is 4.79 Å². The van der Waals surface area contributed by atoms with E-state index in [1.54, 1.807) is 12.1 Å². The maximum atomic E-state index is 13.7. The van der Waals surface area contributed by atoms with Gasteiger partial charge in [0.15, 0.2) is 0 Å². The van der Waals surface area contributed by atoms with E-state index in [0.29, 0.717) is 10.6 Å². The molecule has 0 aliphatic carbocycles. The van der Waals surface area contributed by atoms with Gasteiger partial charge < -0.3 is 10.4 Å². The fraction of sp³-hybridized carbons (Fsp3) is 0.417. The van der Waals surface area contributed by atoms with Gasteiger partial charge in [-0.05, 0) is 18.1 Å². The highest BCUT2D eigenvalue weighted by Gasteiger charge is 2.21. The molecule has 0 aliphatic rings. The molecular weight excluding hydrogens is 245 g/mol. The highest BCUT2D eigenvalue weighted by molar-refractivity contribution is 6.30. The smallest absolute Gasteiger partial charge is 0.246 e. The zero-order valence-electron chi connectivity index (χ0n) is 9.71. The summed E-state index contributed by atoms with van der Waals surface area (Å²) in [4.78, 5) is 11.2. The number of carbonyl (C=O) groups is 1. The first kappa shape index (κ1) is 13.9. The van der Waals surface area contributed by atoms with Crippen molar-refractivity contribution in [3.05, 3.63) is 34.6 Å². The molecule has 5 heteroatoms. The monoisotopic (exact) mass is 259 g/mol. The van der Waals surface area contributed by atoms with Gasteiger partial charge >= 0.3 is 0 Å². The molecule has 1 aromatic carbocycles. The van der Waals surface area contributed by atoms with Crippen molar-refractivity contribution >= 4 is 17.5 Å². The lowest BCUT2D eigenvalue weighted by molar-refractivity contribution is -0.124. The molecule has 1 atom stereocenters. The van der Waals surface area contributed by atoms with Crippen molar-refractivity contribution < 1.29 is 14.3 Å². The lowest BCUT2D eigenvalue weighted by Crippen LogP contribution is -2.34. The summed E-state index contributed by atoms with van der Waals surface area (Å²) in [5.74, 6) is -0.992. The Labute approximate surface area is 105 Å². The number of aliphatic hydroxyl groups is 1. The van der Waals surface area contributed by atoms with Gasteiger partial charge in [-0.25, -0.2) is 4.39 Å². The molecule has 1 amide bonds. The van der Waals surface area contributed by atoms with Crippen LogP contribution in [0.5, 0.6) is 0 Å². The quantitative estimate of drug-likeness (QED) is 0.872. The van der Waals surface area contributed by atoms with E-state index in [0.717, 1.165) is 0 Å². The first-order valence-electron chi connectivity index (χ1n) is 5.31. The predicted molar refractivity (Wildman–Crippen MR) is 64.2 cm³/mol. The number of rotatable bonds is 4. The van der Waals surface area contributed by atoms with Crippen LogP contribution < -0.4 is 5.32 Å². The van der Waals surface area contributed by atoms with E-state index in [1.165, 1.54) is 6.07 Å². The average Bonchev–Trinajstić information content (AvgIpc) is 2.26. The van der Waals surface area contributed by atoms with Gasteiger partial charge in [-0.15, -0.1) is 0 Å². The number of halogens is 2. The number of aliphatic hydroxyl groups excluding tert-OH is 1. The fourth-order valence-corrected chi connectivity index (χ4v) is 1.74. The topological polar surface area (TPSA) is 49.3 Å². The van der Waals surface area contributed by atoms with Gasteiger partial charge in [0.25, 0.3) is 0 Å². The second-order valence-electron chi connectivity index (χ2n) is 4.11. The zero-order chi connectivity index (χ0) is 13.0. The molecule has 1 unspecified atom stereocenters. The summed E-state index contributed by atoms with van der Waals surface area (Å²) >= 11 is 5.67. The standard InChI is InChI=1S/C12H15ClFNO2/c1-7(2)12(15-11(17)6-16)9-4-3-8(13)5-10(9)14/h3-5,7,12,16H,6H2,1-2H3,(H,15,17). The summed E-state index contributed by atoms with van der Waals surface area (Å²) in [6.45, 7) is 3.10. The molecule has 0 saturated carbocycles. The van der Waals surface area contributed by atoms with Crippen LogP contribution in [0, 0.1) is 11.7 Å². The Morgan fingerprint density at radius 2 is 2.18 bits per heavy atom. The van der Waals surface area contributed by atoms with E-state index >= 15 is 0 Å². The average molecular weight is 260 g/mol. The molecule has 17 heavy (non-hydrogen) atoms. The van der Waals surface area contributed by atoms with Crippen molar-refractivity contribution in [2.45, 2.75) is 19.9 Å². The molecule has 94 valence electrons. The van der Waals surface area contributed by atoms with Crippen LogP contribution in [0.1, 0.15) is 25.5 Å². The Morgan fingerprint density at radius 3 is 2.65 bits per heavy atom. The van der Waals surface area contributed by atoms with E-state index in [9.17, 15) is 9.18 Å². The lowest BCUT2D eigenvalue weighted by atomic mass is 9.95.